The summed E-state index contributed by atoms with van der Waals surface area (Å²) in [5.74, 6) is 0. The van der Waals surface area contributed by atoms with E-state index in [0.29, 0.717) is 6.42 Å². The van der Waals surface area contributed by atoms with Crippen molar-refractivity contribution >= 4 is 33.7 Å². The average molecular weight is 265 g/mol. The third-order valence-corrected chi connectivity index (χ3v) is 2.56. The van der Waals surface area contributed by atoms with Gasteiger partial charge in [-0.2, -0.15) is 0 Å². The smallest absolute Gasteiger partial charge is 0.244 e. The highest BCUT2D eigenvalue weighted by molar-refractivity contribution is 6.66. The molecule has 92 valence electrons. The van der Waals surface area contributed by atoms with Crippen LogP contribution in [0.25, 0.3) is 0 Å². The second-order valence-corrected chi connectivity index (χ2v) is 4.52. The van der Waals surface area contributed by atoms with Gasteiger partial charge < -0.3 is 0 Å². The molecule has 0 bridgehead atoms. The molecule has 0 aliphatic rings. The first-order valence-electron chi connectivity index (χ1n) is 5.67. The molecule has 0 radical (unpaired) electrons. The normalized spacial score (nSPS) is 10.9. The summed E-state index contributed by atoms with van der Waals surface area (Å²) in [4.78, 5) is 20.8. The zero-order valence-corrected chi connectivity index (χ0v) is 10.9. The summed E-state index contributed by atoms with van der Waals surface area (Å²) in [6, 6.07) is 0. The number of unbranched alkanes of at least 4 members (excludes halogenated alkanes) is 6. The minimum atomic E-state index is -0.411. The Morgan fingerprint density at radius 1 is 0.875 bits per heavy atom. The monoisotopic (exact) mass is 264 g/mol. The molecule has 0 saturated heterocycles. The predicted molar refractivity (Wildman–Crippen MR) is 67.8 cm³/mol. The number of carbonyl (C=O) groups excluding carboxylic acids is 2. The largest absolute Gasteiger partial charge is 0.281 e. The van der Waals surface area contributed by atoms with Crippen molar-refractivity contribution in [3.8, 4) is 0 Å². The molecule has 4 heteroatoms. The van der Waals surface area contributed by atoms with Crippen LogP contribution in [0.5, 0.6) is 0 Å². The summed E-state index contributed by atoms with van der Waals surface area (Å²) in [7, 11) is 0. The van der Waals surface area contributed by atoms with E-state index in [4.69, 9.17) is 23.2 Å². The van der Waals surface area contributed by atoms with Crippen LogP contribution in [0.2, 0.25) is 0 Å². The fourth-order valence-electron chi connectivity index (χ4n) is 1.41. The number of halogens is 2. The maximum atomic E-state index is 10.4. The second kappa shape index (κ2) is 11.2. The molecule has 0 amide bonds. The first kappa shape index (κ1) is 15.7. The van der Waals surface area contributed by atoms with Crippen molar-refractivity contribution in [2.45, 2.75) is 51.4 Å². The molecule has 0 fully saturated rings. The Bertz CT molecular complexity index is 237. The van der Waals surface area contributed by atoms with Crippen LogP contribution < -0.4 is 0 Å². The fourth-order valence-corrected chi connectivity index (χ4v) is 1.63. The van der Waals surface area contributed by atoms with Crippen LogP contribution in [-0.4, -0.2) is 10.5 Å². The van der Waals surface area contributed by atoms with Crippen molar-refractivity contribution in [2.24, 2.45) is 0 Å². The molecular formula is C12H18Cl2O2. The van der Waals surface area contributed by atoms with Gasteiger partial charge in [0.1, 0.15) is 0 Å². The van der Waals surface area contributed by atoms with Gasteiger partial charge in [-0.3, -0.25) is 9.59 Å². The van der Waals surface area contributed by atoms with Crippen molar-refractivity contribution in [1.82, 2.24) is 0 Å². The van der Waals surface area contributed by atoms with E-state index in [-0.39, 0.29) is 5.24 Å². The van der Waals surface area contributed by atoms with Gasteiger partial charge in [0.05, 0.1) is 0 Å². The molecule has 0 heterocycles. The summed E-state index contributed by atoms with van der Waals surface area (Å²) in [6.45, 7) is 0. The van der Waals surface area contributed by atoms with Crippen molar-refractivity contribution in [2.75, 3.05) is 0 Å². The van der Waals surface area contributed by atoms with Crippen molar-refractivity contribution in [3.63, 3.8) is 0 Å². The lowest BCUT2D eigenvalue weighted by Crippen LogP contribution is -1.86. The van der Waals surface area contributed by atoms with Gasteiger partial charge in [0.15, 0.2) is 0 Å². The summed E-state index contributed by atoms with van der Waals surface area (Å²) >= 11 is 10.4. The van der Waals surface area contributed by atoms with Gasteiger partial charge >= 0.3 is 0 Å². The number of hydrogen-bond donors (Lipinski definition) is 0. The van der Waals surface area contributed by atoms with Gasteiger partial charge in [0, 0.05) is 6.42 Å². The lowest BCUT2D eigenvalue weighted by molar-refractivity contribution is -0.111. The number of carbonyl (C=O) groups is 2. The van der Waals surface area contributed by atoms with Gasteiger partial charge in [0.25, 0.3) is 0 Å². The molecule has 0 rings (SSSR count). The Labute approximate surface area is 107 Å². The van der Waals surface area contributed by atoms with Crippen LogP contribution in [0, 0.1) is 0 Å². The van der Waals surface area contributed by atoms with E-state index in [1.807, 2.05) is 6.08 Å². The minimum absolute atomic E-state index is 0.240. The van der Waals surface area contributed by atoms with Crippen molar-refractivity contribution in [1.29, 1.82) is 0 Å². The third-order valence-electron chi connectivity index (χ3n) is 2.24. The molecule has 2 nitrogen and oxygen atoms in total. The van der Waals surface area contributed by atoms with E-state index in [2.05, 4.69) is 0 Å². The lowest BCUT2D eigenvalue weighted by Gasteiger charge is -1.98. The van der Waals surface area contributed by atoms with E-state index in [0.717, 1.165) is 38.5 Å². The van der Waals surface area contributed by atoms with E-state index in [1.54, 1.807) is 0 Å². The Morgan fingerprint density at radius 2 is 1.44 bits per heavy atom. The molecule has 0 aliphatic carbocycles. The molecule has 0 saturated carbocycles. The summed E-state index contributed by atoms with van der Waals surface area (Å²) in [5, 5.41) is -0.651. The van der Waals surface area contributed by atoms with Crippen LogP contribution in [0.1, 0.15) is 51.4 Å². The predicted octanol–water partition coefficient (Wildman–Crippen LogP) is 4.19. The molecule has 0 unspecified atom stereocenters. The minimum Gasteiger partial charge on any atom is -0.281 e. The third kappa shape index (κ3) is 13.7. The Morgan fingerprint density at radius 3 is 2.00 bits per heavy atom. The number of hydrogen-bond acceptors (Lipinski definition) is 2. The van der Waals surface area contributed by atoms with Gasteiger partial charge in [0.2, 0.25) is 10.5 Å². The van der Waals surface area contributed by atoms with Crippen LogP contribution in [0.3, 0.4) is 0 Å². The van der Waals surface area contributed by atoms with Gasteiger partial charge in [-0.05, 0) is 48.5 Å². The molecule has 0 N–H and O–H groups in total. The molecular weight excluding hydrogens is 247 g/mol. The highest BCUT2D eigenvalue weighted by atomic mass is 35.5. The highest BCUT2D eigenvalue weighted by Crippen LogP contribution is 2.09. The topological polar surface area (TPSA) is 34.1 Å². The lowest BCUT2D eigenvalue weighted by atomic mass is 10.1. The second-order valence-electron chi connectivity index (χ2n) is 3.72. The highest BCUT2D eigenvalue weighted by Gasteiger charge is 1.95. The standard InChI is InChI=1S/C12H18Cl2O2/c13-11(15)9-7-5-3-1-2-4-6-8-10-12(14)16/h7,9H,1-6,8,10H2. The number of rotatable bonds is 10. The van der Waals surface area contributed by atoms with Crippen LogP contribution >= 0.6 is 23.2 Å². The van der Waals surface area contributed by atoms with Crippen LogP contribution in [-0.2, 0) is 9.59 Å². The van der Waals surface area contributed by atoms with Gasteiger partial charge in [-0.1, -0.05) is 31.8 Å². The number of allylic oxidation sites excluding steroid dienone is 2. The zero-order valence-electron chi connectivity index (χ0n) is 9.38. The molecule has 0 aliphatic heterocycles. The quantitative estimate of drug-likeness (QED) is 0.337. The summed E-state index contributed by atoms with van der Waals surface area (Å²) in [6.07, 6.45) is 11.1. The maximum Gasteiger partial charge on any atom is 0.244 e. The average Bonchev–Trinajstić information content (AvgIpc) is 2.20. The maximum absolute atomic E-state index is 10.4. The van der Waals surface area contributed by atoms with Gasteiger partial charge in [-0.25, -0.2) is 0 Å². The molecule has 0 aromatic heterocycles. The van der Waals surface area contributed by atoms with E-state index in [9.17, 15) is 9.59 Å². The van der Waals surface area contributed by atoms with E-state index in [1.165, 1.54) is 12.5 Å². The molecule has 0 aromatic carbocycles. The van der Waals surface area contributed by atoms with Crippen molar-refractivity contribution < 1.29 is 9.59 Å². The zero-order chi connectivity index (χ0) is 12.2. The Hall–Kier alpha value is -0.340. The first-order chi connectivity index (χ1) is 7.63. The van der Waals surface area contributed by atoms with Gasteiger partial charge in [-0.15, -0.1) is 0 Å². The van der Waals surface area contributed by atoms with E-state index < -0.39 is 5.24 Å². The SMILES string of the molecule is O=C(Cl)C=CCCCCCCCCC(=O)Cl. The molecule has 0 atom stereocenters. The van der Waals surface area contributed by atoms with Crippen LogP contribution in [0.4, 0.5) is 0 Å². The first-order valence-corrected chi connectivity index (χ1v) is 6.43. The van der Waals surface area contributed by atoms with Crippen LogP contribution in [0.15, 0.2) is 12.2 Å². The Balaban J connectivity index is 3.10. The summed E-state index contributed by atoms with van der Waals surface area (Å²) in [5.41, 5.74) is 0. The Kier molecular flexibility index (Phi) is 10.9. The fraction of sp³-hybridized carbons (Fsp3) is 0.667. The van der Waals surface area contributed by atoms with Crippen molar-refractivity contribution in [3.05, 3.63) is 12.2 Å². The summed E-state index contributed by atoms with van der Waals surface area (Å²) < 4.78 is 0. The van der Waals surface area contributed by atoms with E-state index >= 15 is 0 Å². The molecule has 0 aromatic rings. The molecule has 0 spiro atoms. The molecule has 16 heavy (non-hydrogen) atoms.